The van der Waals surface area contributed by atoms with Gasteiger partial charge >= 0.3 is 0 Å². The minimum Gasteiger partial charge on any atom is -0.458 e. The van der Waals surface area contributed by atoms with Crippen LogP contribution < -0.4 is 0 Å². The zero-order valence-corrected chi connectivity index (χ0v) is 8.00. The average Bonchev–Trinajstić information content (AvgIpc) is 2.52. The number of methoxy groups -OCH3 is 1. The van der Waals surface area contributed by atoms with E-state index in [4.69, 9.17) is 9.15 Å². The number of Topliss-reactive ketones (excluding diaryl/α,β-unsaturated/α-hetero) is 1. The SMILES string of the molecule is COCCCC(=O)c1ccc(C)o1. The van der Waals surface area contributed by atoms with Crippen molar-refractivity contribution in [1.82, 2.24) is 0 Å². The molecule has 0 radical (unpaired) electrons. The number of carbonyl (C=O) groups excluding carboxylic acids is 1. The third-order valence-corrected chi connectivity index (χ3v) is 1.77. The van der Waals surface area contributed by atoms with Crippen molar-refractivity contribution in [3.8, 4) is 0 Å². The molecule has 0 N–H and O–H groups in total. The molecule has 1 heterocycles. The molecule has 0 atom stereocenters. The lowest BCUT2D eigenvalue weighted by Crippen LogP contribution is -1.99. The Kier molecular flexibility index (Phi) is 3.71. The number of carbonyl (C=O) groups is 1. The van der Waals surface area contributed by atoms with Gasteiger partial charge in [0.1, 0.15) is 5.76 Å². The van der Waals surface area contributed by atoms with Crippen LogP contribution in [0.15, 0.2) is 16.5 Å². The van der Waals surface area contributed by atoms with E-state index in [9.17, 15) is 4.79 Å². The highest BCUT2D eigenvalue weighted by molar-refractivity contribution is 5.93. The molecule has 0 aliphatic heterocycles. The highest BCUT2D eigenvalue weighted by Gasteiger charge is 2.08. The highest BCUT2D eigenvalue weighted by atomic mass is 16.5. The van der Waals surface area contributed by atoms with Gasteiger partial charge in [0.05, 0.1) is 0 Å². The molecule has 1 aromatic heterocycles. The Balaban J connectivity index is 2.40. The van der Waals surface area contributed by atoms with Crippen molar-refractivity contribution in [2.75, 3.05) is 13.7 Å². The van der Waals surface area contributed by atoms with Crippen molar-refractivity contribution < 1.29 is 13.9 Å². The molecule has 0 aromatic carbocycles. The summed E-state index contributed by atoms with van der Waals surface area (Å²) in [6.45, 7) is 2.44. The molecule has 0 aliphatic carbocycles. The van der Waals surface area contributed by atoms with Gasteiger partial charge in [-0.25, -0.2) is 0 Å². The first-order valence-electron chi connectivity index (χ1n) is 4.32. The summed E-state index contributed by atoms with van der Waals surface area (Å²) in [5, 5.41) is 0. The van der Waals surface area contributed by atoms with Crippen LogP contribution in [0.25, 0.3) is 0 Å². The van der Waals surface area contributed by atoms with E-state index in [0.29, 0.717) is 18.8 Å². The fourth-order valence-corrected chi connectivity index (χ4v) is 1.08. The standard InChI is InChI=1S/C10H14O3/c1-8-5-6-10(13-8)9(11)4-3-7-12-2/h5-6H,3-4,7H2,1-2H3. The Morgan fingerprint density at radius 3 is 2.85 bits per heavy atom. The van der Waals surface area contributed by atoms with E-state index in [1.54, 1.807) is 19.2 Å². The van der Waals surface area contributed by atoms with Gasteiger partial charge in [0.15, 0.2) is 11.5 Å². The van der Waals surface area contributed by atoms with E-state index < -0.39 is 0 Å². The van der Waals surface area contributed by atoms with E-state index in [0.717, 1.165) is 12.2 Å². The van der Waals surface area contributed by atoms with Crippen LogP contribution in [0.1, 0.15) is 29.2 Å². The first kappa shape index (κ1) is 9.99. The van der Waals surface area contributed by atoms with Crippen molar-refractivity contribution in [2.45, 2.75) is 19.8 Å². The van der Waals surface area contributed by atoms with Gasteiger partial charge in [-0.2, -0.15) is 0 Å². The van der Waals surface area contributed by atoms with Crippen LogP contribution in [0.3, 0.4) is 0 Å². The molecule has 0 fully saturated rings. The first-order valence-corrected chi connectivity index (χ1v) is 4.32. The second-order valence-corrected chi connectivity index (χ2v) is 2.93. The third kappa shape index (κ3) is 3.03. The lowest BCUT2D eigenvalue weighted by Gasteiger charge is -1.96. The van der Waals surface area contributed by atoms with Gasteiger partial charge < -0.3 is 9.15 Å². The van der Waals surface area contributed by atoms with Gasteiger partial charge in [0.25, 0.3) is 0 Å². The molecule has 13 heavy (non-hydrogen) atoms. The van der Waals surface area contributed by atoms with Crippen molar-refractivity contribution in [3.63, 3.8) is 0 Å². The molecule has 3 nitrogen and oxygen atoms in total. The van der Waals surface area contributed by atoms with E-state index in [-0.39, 0.29) is 5.78 Å². The fourth-order valence-electron chi connectivity index (χ4n) is 1.08. The lowest BCUT2D eigenvalue weighted by molar-refractivity contribution is 0.0935. The number of ketones is 1. The normalized spacial score (nSPS) is 10.3. The second kappa shape index (κ2) is 4.82. The molecule has 3 heteroatoms. The molecule has 72 valence electrons. The van der Waals surface area contributed by atoms with Gasteiger partial charge in [-0.1, -0.05) is 0 Å². The van der Waals surface area contributed by atoms with Crippen LogP contribution >= 0.6 is 0 Å². The molecule has 0 saturated heterocycles. The van der Waals surface area contributed by atoms with E-state index in [2.05, 4.69) is 0 Å². The highest BCUT2D eigenvalue weighted by Crippen LogP contribution is 2.09. The number of rotatable bonds is 5. The average molecular weight is 182 g/mol. The van der Waals surface area contributed by atoms with E-state index in [1.165, 1.54) is 0 Å². The summed E-state index contributed by atoms with van der Waals surface area (Å²) in [4.78, 5) is 11.4. The quantitative estimate of drug-likeness (QED) is 0.517. The molecule has 0 aliphatic rings. The molecule has 1 aromatic rings. The summed E-state index contributed by atoms with van der Waals surface area (Å²) in [6.07, 6.45) is 1.23. The summed E-state index contributed by atoms with van der Waals surface area (Å²) in [5.74, 6) is 1.27. The summed E-state index contributed by atoms with van der Waals surface area (Å²) >= 11 is 0. The predicted molar refractivity (Wildman–Crippen MR) is 48.9 cm³/mol. The maximum Gasteiger partial charge on any atom is 0.198 e. The van der Waals surface area contributed by atoms with Gasteiger partial charge in [-0.05, 0) is 25.5 Å². The summed E-state index contributed by atoms with van der Waals surface area (Å²) < 4.78 is 10.0. The zero-order chi connectivity index (χ0) is 9.68. The van der Waals surface area contributed by atoms with Gasteiger partial charge in [0, 0.05) is 20.1 Å². The van der Waals surface area contributed by atoms with Crippen LogP contribution in [-0.4, -0.2) is 19.5 Å². The molecule has 0 amide bonds. The monoisotopic (exact) mass is 182 g/mol. The number of furan rings is 1. The topological polar surface area (TPSA) is 39.4 Å². The lowest BCUT2D eigenvalue weighted by atomic mass is 10.2. The molecule has 1 rings (SSSR count). The maximum absolute atomic E-state index is 11.4. The largest absolute Gasteiger partial charge is 0.458 e. The van der Waals surface area contributed by atoms with Gasteiger partial charge in [-0.15, -0.1) is 0 Å². The van der Waals surface area contributed by atoms with Crippen LogP contribution in [0, 0.1) is 6.92 Å². The van der Waals surface area contributed by atoms with Crippen molar-refractivity contribution >= 4 is 5.78 Å². The van der Waals surface area contributed by atoms with Crippen molar-refractivity contribution in [3.05, 3.63) is 23.7 Å². The Bertz CT molecular complexity index is 275. The number of hydrogen-bond donors (Lipinski definition) is 0. The number of ether oxygens (including phenoxy) is 1. The third-order valence-electron chi connectivity index (χ3n) is 1.77. The summed E-state index contributed by atoms with van der Waals surface area (Å²) in [5.41, 5.74) is 0. The molecule has 0 unspecified atom stereocenters. The van der Waals surface area contributed by atoms with Crippen LogP contribution in [0.4, 0.5) is 0 Å². The smallest absolute Gasteiger partial charge is 0.198 e. The second-order valence-electron chi connectivity index (χ2n) is 2.93. The Hall–Kier alpha value is -1.09. The van der Waals surface area contributed by atoms with Crippen molar-refractivity contribution in [2.24, 2.45) is 0 Å². The maximum atomic E-state index is 11.4. The predicted octanol–water partition coefficient (Wildman–Crippen LogP) is 2.20. The fraction of sp³-hybridized carbons (Fsp3) is 0.500. The minimum atomic E-state index is 0.0464. The van der Waals surface area contributed by atoms with E-state index >= 15 is 0 Å². The summed E-state index contributed by atoms with van der Waals surface area (Å²) in [7, 11) is 1.63. The molecule has 0 bridgehead atoms. The van der Waals surface area contributed by atoms with Crippen LogP contribution in [-0.2, 0) is 4.74 Å². The molecular weight excluding hydrogens is 168 g/mol. The Morgan fingerprint density at radius 1 is 1.54 bits per heavy atom. The Labute approximate surface area is 77.7 Å². The molecule has 0 spiro atoms. The van der Waals surface area contributed by atoms with E-state index in [1.807, 2.05) is 6.92 Å². The van der Waals surface area contributed by atoms with Crippen LogP contribution in [0.5, 0.6) is 0 Å². The first-order chi connectivity index (χ1) is 6.24. The Morgan fingerprint density at radius 2 is 2.31 bits per heavy atom. The summed E-state index contributed by atoms with van der Waals surface area (Å²) in [6, 6.07) is 3.51. The van der Waals surface area contributed by atoms with Gasteiger partial charge in [0.2, 0.25) is 0 Å². The van der Waals surface area contributed by atoms with Gasteiger partial charge in [-0.3, -0.25) is 4.79 Å². The van der Waals surface area contributed by atoms with Crippen molar-refractivity contribution in [1.29, 1.82) is 0 Å². The molecule has 0 saturated carbocycles. The zero-order valence-electron chi connectivity index (χ0n) is 8.00. The number of aryl methyl sites for hydroxylation is 1. The van der Waals surface area contributed by atoms with Crippen LogP contribution in [0.2, 0.25) is 0 Å². The molecular formula is C10H14O3. The number of hydrogen-bond acceptors (Lipinski definition) is 3. The minimum absolute atomic E-state index is 0.0464.